The summed E-state index contributed by atoms with van der Waals surface area (Å²) in [4.78, 5) is 29.0. The van der Waals surface area contributed by atoms with Crippen molar-refractivity contribution in [2.45, 2.75) is 25.4 Å². The second kappa shape index (κ2) is 9.48. The van der Waals surface area contributed by atoms with Crippen LogP contribution in [0.25, 0.3) is 0 Å². The van der Waals surface area contributed by atoms with Gasteiger partial charge in [0.25, 0.3) is 0 Å². The Morgan fingerprint density at radius 3 is 2.66 bits per heavy atom. The number of aryl methyl sites for hydroxylation is 1. The minimum atomic E-state index is -0.660. The molecule has 0 aliphatic carbocycles. The maximum atomic E-state index is 12.4. The lowest BCUT2D eigenvalue weighted by Gasteiger charge is -2.30. The molecule has 0 bridgehead atoms. The summed E-state index contributed by atoms with van der Waals surface area (Å²) in [6.45, 7) is 1.85. The van der Waals surface area contributed by atoms with Gasteiger partial charge in [-0.1, -0.05) is 18.2 Å². The molecule has 0 fully saturated rings. The number of nitrogens with one attached hydrogen (secondary N) is 2. The summed E-state index contributed by atoms with van der Waals surface area (Å²) in [5.41, 5.74) is 4.56. The molecule has 0 saturated heterocycles. The van der Waals surface area contributed by atoms with Crippen molar-refractivity contribution in [2.75, 3.05) is 45.9 Å². The molecule has 0 radical (unpaired) electrons. The van der Waals surface area contributed by atoms with Crippen molar-refractivity contribution in [1.82, 2.24) is 15.5 Å². The maximum Gasteiger partial charge on any atom is 0.309 e. The number of fused-ring (bicyclic) bond motifs is 2. The zero-order valence-corrected chi connectivity index (χ0v) is 18.8. The first-order valence-electron chi connectivity index (χ1n) is 10.9. The summed E-state index contributed by atoms with van der Waals surface area (Å²) in [6.07, 6.45) is 2.20. The molecular weight excluding hydrogens is 408 g/mol. The first kappa shape index (κ1) is 22.0. The van der Waals surface area contributed by atoms with E-state index in [0.29, 0.717) is 18.0 Å². The molecule has 2 aromatic rings. The van der Waals surface area contributed by atoms with E-state index in [1.54, 1.807) is 12.1 Å². The molecule has 1 atom stereocenters. The number of nitrogens with zero attached hydrogens (tertiary/aromatic N) is 2. The van der Waals surface area contributed by atoms with Gasteiger partial charge in [0.1, 0.15) is 0 Å². The molecule has 0 aromatic heterocycles. The molecule has 0 unspecified atom stereocenters. The normalized spacial score (nSPS) is 15.3. The maximum absolute atomic E-state index is 12.4. The smallest absolute Gasteiger partial charge is 0.309 e. The highest BCUT2D eigenvalue weighted by atomic mass is 16.7. The van der Waals surface area contributed by atoms with Crippen LogP contribution < -0.4 is 25.0 Å². The highest BCUT2D eigenvalue weighted by Gasteiger charge is 2.21. The number of hydrogen-bond donors (Lipinski definition) is 2. The number of likely N-dealkylation sites (N-methyl/N-ethyl adjacent to an activating group) is 1. The zero-order chi connectivity index (χ0) is 22.7. The molecule has 2 aliphatic rings. The monoisotopic (exact) mass is 438 g/mol. The van der Waals surface area contributed by atoms with Gasteiger partial charge in [0, 0.05) is 32.4 Å². The van der Waals surface area contributed by atoms with Gasteiger partial charge in [-0.25, -0.2) is 0 Å². The molecule has 170 valence electrons. The van der Waals surface area contributed by atoms with Crippen LogP contribution in [0.5, 0.6) is 11.5 Å². The van der Waals surface area contributed by atoms with E-state index in [4.69, 9.17) is 9.47 Å². The third-order valence-corrected chi connectivity index (χ3v) is 6.01. The number of amides is 2. The van der Waals surface area contributed by atoms with Crippen LogP contribution in [0.3, 0.4) is 0 Å². The van der Waals surface area contributed by atoms with Gasteiger partial charge >= 0.3 is 11.8 Å². The van der Waals surface area contributed by atoms with Crippen molar-refractivity contribution in [3.8, 4) is 11.5 Å². The predicted molar refractivity (Wildman–Crippen MR) is 122 cm³/mol. The fourth-order valence-electron chi connectivity index (χ4n) is 4.19. The van der Waals surface area contributed by atoms with Gasteiger partial charge in [-0.3, -0.25) is 9.59 Å². The molecule has 0 saturated carbocycles. The van der Waals surface area contributed by atoms with Crippen LogP contribution in [0.15, 0.2) is 36.4 Å². The highest BCUT2D eigenvalue weighted by Crippen LogP contribution is 2.32. The lowest BCUT2D eigenvalue weighted by Crippen LogP contribution is -2.43. The average molecular weight is 439 g/mol. The van der Waals surface area contributed by atoms with Crippen LogP contribution in [0.2, 0.25) is 0 Å². The fourth-order valence-corrected chi connectivity index (χ4v) is 4.19. The van der Waals surface area contributed by atoms with Crippen LogP contribution in [-0.4, -0.2) is 57.7 Å². The summed E-state index contributed by atoms with van der Waals surface area (Å²) in [6, 6.07) is 11.9. The Kier molecular flexibility index (Phi) is 6.50. The van der Waals surface area contributed by atoms with Gasteiger partial charge in [0.2, 0.25) is 6.79 Å². The van der Waals surface area contributed by atoms with Crippen LogP contribution in [-0.2, 0) is 22.6 Å². The highest BCUT2D eigenvalue weighted by molar-refractivity contribution is 6.35. The number of ether oxygens (including phenoxy) is 2. The van der Waals surface area contributed by atoms with E-state index in [0.717, 1.165) is 30.5 Å². The van der Waals surface area contributed by atoms with Crippen LogP contribution in [0.1, 0.15) is 29.2 Å². The second-order valence-electron chi connectivity index (χ2n) is 8.47. The van der Waals surface area contributed by atoms with E-state index in [2.05, 4.69) is 45.7 Å². The number of hydrogen-bond acceptors (Lipinski definition) is 6. The van der Waals surface area contributed by atoms with Gasteiger partial charge < -0.3 is 29.9 Å². The lowest BCUT2D eigenvalue weighted by atomic mass is 9.96. The topological polar surface area (TPSA) is 83.1 Å². The average Bonchev–Trinajstić information content (AvgIpc) is 3.25. The molecule has 2 amide bonds. The molecule has 0 spiro atoms. The SMILES string of the molecule is CN1CCCc2cc([C@H](CNC(=O)C(=O)NCc3ccc4c(c3)OCO4)N(C)C)ccc21. The standard InChI is InChI=1S/C24H30N4O4/c1-27(2)20(18-7-8-19-17(12-18)5-4-10-28(19)3)14-26-24(30)23(29)25-13-16-6-9-21-22(11-16)32-15-31-21/h6-9,11-12,20H,4-5,10,13-15H2,1-3H3,(H,25,29)(H,26,30)/t20-/m0/s1. The molecule has 2 aromatic carbocycles. The van der Waals surface area contributed by atoms with Gasteiger partial charge in [-0.05, 0) is 61.8 Å². The summed E-state index contributed by atoms with van der Waals surface area (Å²) in [5.74, 6) is 0.0233. The summed E-state index contributed by atoms with van der Waals surface area (Å²) in [7, 11) is 6.06. The van der Waals surface area contributed by atoms with E-state index < -0.39 is 11.8 Å². The minimum absolute atomic E-state index is 0.0295. The van der Waals surface area contributed by atoms with E-state index in [1.165, 1.54) is 11.3 Å². The molecular formula is C24H30N4O4. The number of benzene rings is 2. The van der Waals surface area contributed by atoms with E-state index in [9.17, 15) is 9.59 Å². The first-order chi connectivity index (χ1) is 15.4. The Labute approximate surface area is 188 Å². The van der Waals surface area contributed by atoms with Crippen LogP contribution in [0, 0.1) is 0 Å². The third kappa shape index (κ3) is 4.80. The van der Waals surface area contributed by atoms with Gasteiger partial charge in [-0.15, -0.1) is 0 Å². The fraction of sp³-hybridized carbons (Fsp3) is 0.417. The molecule has 4 rings (SSSR count). The predicted octanol–water partition coefficient (Wildman–Crippen LogP) is 1.83. The molecule has 2 N–H and O–H groups in total. The third-order valence-electron chi connectivity index (χ3n) is 6.01. The minimum Gasteiger partial charge on any atom is -0.454 e. The Balaban J connectivity index is 1.33. The van der Waals surface area contributed by atoms with Crippen molar-refractivity contribution in [2.24, 2.45) is 0 Å². The number of carbonyl (C=O) groups is 2. The Morgan fingerprint density at radius 2 is 1.84 bits per heavy atom. The number of rotatable bonds is 6. The molecule has 8 nitrogen and oxygen atoms in total. The van der Waals surface area contributed by atoms with Gasteiger partial charge in [0.05, 0.1) is 6.04 Å². The molecule has 2 heterocycles. The Hall–Kier alpha value is -3.26. The first-order valence-corrected chi connectivity index (χ1v) is 10.9. The zero-order valence-electron chi connectivity index (χ0n) is 18.8. The second-order valence-corrected chi connectivity index (χ2v) is 8.47. The molecule has 8 heteroatoms. The van der Waals surface area contributed by atoms with Gasteiger partial charge in [0.15, 0.2) is 11.5 Å². The molecule has 32 heavy (non-hydrogen) atoms. The van der Waals surface area contributed by atoms with E-state index in [-0.39, 0.29) is 19.4 Å². The Morgan fingerprint density at radius 1 is 1.06 bits per heavy atom. The van der Waals surface area contributed by atoms with Crippen molar-refractivity contribution >= 4 is 17.5 Å². The van der Waals surface area contributed by atoms with Crippen LogP contribution >= 0.6 is 0 Å². The van der Waals surface area contributed by atoms with E-state index in [1.807, 2.05) is 20.2 Å². The summed E-state index contributed by atoms with van der Waals surface area (Å²) >= 11 is 0. The van der Waals surface area contributed by atoms with E-state index >= 15 is 0 Å². The Bertz CT molecular complexity index is 1010. The van der Waals surface area contributed by atoms with Crippen molar-refractivity contribution in [3.05, 3.63) is 53.1 Å². The largest absolute Gasteiger partial charge is 0.454 e. The van der Waals surface area contributed by atoms with Crippen molar-refractivity contribution in [3.63, 3.8) is 0 Å². The summed E-state index contributed by atoms with van der Waals surface area (Å²) in [5, 5.41) is 5.44. The summed E-state index contributed by atoms with van der Waals surface area (Å²) < 4.78 is 10.6. The quantitative estimate of drug-likeness (QED) is 0.670. The lowest BCUT2D eigenvalue weighted by molar-refractivity contribution is -0.139. The van der Waals surface area contributed by atoms with Crippen molar-refractivity contribution in [1.29, 1.82) is 0 Å². The van der Waals surface area contributed by atoms with Crippen LogP contribution in [0.4, 0.5) is 5.69 Å². The van der Waals surface area contributed by atoms with Gasteiger partial charge in [-0.2, -0.15) is 0 Å². The number of carbonyl (C=O) groups excluding carboxylic acids is 2. The van der Waals surface area contributed by atoms with Crippen molar-refractivity contribution < 1.29 is 19.1 Å². The number of anilines is 1. The molecule has 2 aliphatic heterocycles.